The van der Waals surface area contributed by atoms with Gasteiger partial charge in [0.25, 0.3) is 5.56 Å². The zero-order valence-corrected chi connectivity index (χ0v) is 16.8. The maximum Gasteiger partial charge on any atom is 0.340 e. The van der Waals surface area contributed by atoms with Crippen LogP contribution in [0.15, 0.2) is 40.5 Å². The van der Waals surface area contributed by atoms with Crippen molar-refractivity contribution in [3.63, 3.8) is 0 Å². The van der Waals surface area contributed by atoms with Crippen LogP contribution in [0.4, 0.5) is 0 Å². The number of carbonyl (C=O) groups is 1. The van der Waals surface area contributed by atoms with Gasteiger partial charge in [-0.1, -0.05) is 13.3 Å². The minimum Gasteiger partial charge on any atom is -0.497 e. The number of hydrogen-bond acceptors (Lipinski definition) is 7. The van der Waals surface area contributed by atoms with Crippen LogP contribution in [0.1, 0.15) is 36.1 Å². The Hall–Kier alpha value is -3.42. The highest BCUT2D eigenvalue weighted by atomic mass is 16.5. The largest absolute Gasteiger partial charge is 0.497 e. The Kier molecular flexibility index (Phi) is 5.81. The molecule has 1 aromatic carbocycles. The lowest BCUT2D eigenvalue weighted by atomic mass is 9.82. The molecule has 0 saturated heterocycles. The fraction of sp³-hybridized carbons (Fsp3) is 0.333. The van der Waals surface area contributed by atoms with Gasteiger partial charge in [0.05, 0.1) is 32.8 Å². The third kappa shape index (κ3) is 3.65. The second kappa shape index (κ2) is 8.30. The quantitative estimate of drug-likeness (QED) is 0.715. The van der Waals surface area contributed by atoms with E-state index in [2.05, 4.69) is 4.98 Å². The van der Waals surface area contributed by atoms with Crippen molar-refractivity contribution in [2.45, 2.75) is 25.7 Å². The van der Waals surface area contributed by atoms with E-state index in [1.807, 2.05) is 6.92 Å². The van der Waals surface area contributed by atoms with Crippen LogP contribution in [0.25, 0.3) is 0 Å². The number of nitrogens with two attached hydrogens (primary N) is 1. The van der Waals surface area contributed by atoms with Gasteiger partial charge < -0.3 is 29.7 Å². The van der Waals surface area contributed by atoms with Gasteiger partial charge in [-0.2, -0.15) is 0 Å². The Morgan fingerprint density at radius 1 is 1.21 bits per heavy atom. The molecule has 3 rings (SSSR count). The van der Waals surface area contributed by atoms with E-state index in [0.717, 1.165) is 12.1 Å². The number of pyridine rings is 1. The lowest BCUT2D eigenvalue weighted by molar-refractivity contribution is -0.136. The molecule has 0 amide bonds. The van der Waals surface area contributed by atoms with E-state index >= 15 is 0 Å². The second-order valence-electron chi connectivity index (χ2n) is 6.56. The fourth-order valence-electron chi connectivity index (χ4n) is 3.52. The fourth-order valence-corrected chi connectivity index (χ4v) is 3.52. The summed E-state index contributed by atoms with van der Waals surface area (Å²) in [6.07, 6.45) is 1.52. The van der Waals surface area contributed by atoms with Gasteiger partial charge in [0.2, 0.25) is 5.88 Å². The number of fused-ring (bicyclic) bond motifs is 1. The summed E-state index contributed by atoms with van der Waals surface area (Å²) in [5, 5.41) is 0. The number of nitrogens with one attached hydrogen (secondary N) is 1. The van der Waals surface area contributed by atoms with Crippen molar-refractivity contribution in [1.82, 2.24) is 4.98 Å². The molecule has 154 valence electrons. The summed E-state index contributed by atoms with van der Waals surface area (Å²) >= 11 is 0. The summed E-state index contributed by atoms with van der Waals surface area (Å²) in [5.41, 5.74) is 7.28. The van der Waals surface area contributed by atoms with Gasteiger partial charge in [-0.3, -0.25) is 4.79 Å². The normalized spacial score (nSPS) is 15.4. The monoisotopic (exact) mass is 400 g/mol. The number of esters is 1. The summed E-state index contributed by atoms with van der Waals surface area (Å²) in [5.74, 6) is -0.356. The maximum atomic E-state index is 13.0. The molecule has 0 spiro atoms. The lowest BCUT2D eigenvalue weighted by Gasteiger charge is -2.28. The predicted octanol–water partition coefficient (Wildman–Crippen LogP) is 2.21. The first-order valence-corrected chi connectivity index (χ1v) is 9.18. The summed E-state index contributed by atoms with van der Waals surface area (Å²) in [6.45, 7) is 2.01. The third-order valence-corrected chi connectivity index (χ3v) is 4.82. The number of ether oxygens (including phenoxy) is 4. The molecule has 2 heterocycles. The Balaban J connectivity index is 2.33. The summed E-state index contributed by atoms with van der Waals surface area (Å²) < 4.78 is 21.4. The minimum absolute atomic E-state index is 0.0281. The molecule has 8 heteroatoms. The molecule has 3 N–H and O–H groups in total. The van der Waals surface area contributed by atoms with E-state index < -0.39 is 11.9 Å². The zero-order chi connectivity index (χ0) is 21.1. The molecule has 1 aliphatic rings. The van der Waals surface area contributed by atoms with E-state index in [4.69, 9.17) is 24.7 Å². The summed E-state index contributed by atoms with van der Waals surface area (Å²) in [7, 11) is 4.27. The Labute approximate surface area is 168 Å². The number of methoxy groups -OCH3 is 3. The maximum absolute atomic E-state index is 13.0. The average Bonchev–Trinajstić information content (AvgIpc) is 2.71. The van der Waals surface area contributed by atoms with Gasteiger partial charge >= 0.3 is 5.97 Å². The van der Waals surface area contributed by atoms with E-state index in [1.165, 1.54) is 21.3 Å². The van der Waals surface area contributed by atoms with Gasteiger partial charge in [0.15, 0.2) is 0 Å². The molecule has 0 saturated carbocycles. The molecule has 1 unspecified atom stereocenters. The first-order chi connectivity index (χ1) is 13.9. The first-order valence-electron chi connectivity index (χ1n) is 9.18. The van der Waals surface area contributed by atoms with E-state index in [9.17, 15) is 9.59 Å². The standard InChI is InChI=1S/C21H24N2O6/c1-5-6-11-9-15-17(20(24)23-11)16(18(19(22)29-15)21(25)28-4)13-10-12(26-2)7-8-14(13)27-3/h7-10,16H,5-6,22H2,1-4H3,(H,23,24). The van der Waals surface area contributed by atoms with E-state index in [-0.39, 0.29) is 22.6 Å². The molecular weight excluding hydrogens is 376 g/mol. The molecule has 29 heavy (non-hydrogen) atoms. The lowest BCUT2D eigenvalue weighted by Crippen LogP contribution is -2.32. The predicted molar refractivity (Wildman–Crippen MR) is 106 cm³/mol. The van der Waals surface area contributed by atoms with E-state index in [0.29, 0.717) is 29.2 Å². The molecule has 0 bridgehead atoms. The third-order valence-electron chi connectivity index (χ3n) is 4.82. The number of aromatic amines is 1. The SMILES string of the molecule is CCCc1cc2c(c(=O)[nH]1)C(c1cc(OC)ccc1OC)C(C(=O)OC)=C(N)O2. The molecule has 1 aromatic heterocycles. The number of aryl methyl sites for hydroxylation is 1. The van der Waals surface area contributed by atoms with Gasteiger partial charge in [-0.15, -0.1) is 0 Å². The highest BCUT2D eigenvalue weighted by Gasteiger charge is 2.39. The van der Waals surface area contributed by atoms with Gasteiger partial charge in [-0.05, 0) is 24.6 Å². The number of benzene rings is 1. The number of rotatable bonds is 6. The number of H-pyrrole nitrogens is 1. The Morgan fingerprint density at radius 3 is 2.59 bits per heavy atom. The summed E-state index contributed by atoms with van der Waals surface area (Å²) in [6, 6.07) is 6.87. The van der Waals surface area contributed by atoms with Crippen LogP contribution < -0.4 is 25.5 Å². The molecule has 2 aromatic rings. The summed E-state index contributed by atoms with van der Waals surface area (Å²) in [4.78, 5) is 28.5. The van der Waals surface area contributed by atoms with Crippen molar-refractivity contribution in [3.05, 3.63) is 62.9 Å². The zero-order valence-electron chi connectivity index (χ0n) is 16.8. The topological polar surface area (TPSA) is 113 Å². The first kappa shape index (κ1) is 20.3. The molecular formula is C21H24N2O6. The van der Waals surface area contributed by atoms with Crippen LogP contribution in [0, 0.1) is 0 Å². The molecule has 0 radical (unpaired) electrons. The van der Waals surface area contributed by atoms with Gasteiger partial charge in [-0.25, -0.2) is 4.79 Å². The van der Waals surface area contributed by atoms with Crippen LogP contribution in [-0.2, 0) is 16.0 Å². The van der Waals surface area contributed by atoms with Crippen molar-refractivity contribution >= 4 is 5.97 Å². The van der Waals surface area contributed by atoms with Crippen molar-refractivity contribution in [2.24, 2.45) is 5.73 Å². The van der Waals surface area contributed by atoms with Crippen molar-refractivity contribution in [3.8, 4) is 17.2 Å². The van der Waals surface area contributed by atoms with Crippen LogP contribution in [0.2, 0.25) is 0 Å². The highest BCUT2D eigenvalue weighted by Crippen LogP contribution is 2.45. The Morgan fingerprint density at radius 2 is 1.97 bits per heavy atom. The molecule has 8 nitrogen and oxygen atoms in total. The van der Waals surface area contributed by atoms with Crippen LogP contribution in [-0.4, -0.2) is 32.3 Å². The van der Waals surface area contributed by atoms with Gasteiger partial charge in [0, 0.05) is 17.3 Å². The number of hydrogen-bond donors (Lipinski definition) is 2. The number of aromatic nitrogens is 1. The van der Waals surface area contributed by atoms with Gasteiger partial charge in [0.1, 0.15) is 22.8 Å². The van der Waals surface area contributed by atoms with Crippen molar-refractivity contribution in [2.75, 3.05) is 21.3 Å². The molecule has 1 atom stereocenters. The van der Waals surface area contributed by atoms with Crippen LogP contribution in [0.5, 0.6) is 17.2 Å². The van der Waals surface area contributed by atoms with E-state index in [1.54, 1.807) is 24.3 Å². The highest BCUT2D eigenvalue weighted by molar-refractivity contribution is 5.92. The second-order valence-corrected chi connectivity index (χ2v) is 6.56. The molecule has 1 aliphatic heterocycles. The smallest absolute Gasteiger partial charge is 0.340 e. The Bertz CT molecular complexity index is 1020. The minimum atomic E-state index is -0.851. The molecule has 0 aliphatic carbocycles. The molecule has 0 fully saturated rings. The van der Waals surface area contributed by atoms with Crippen LogP contribution >= 0.6 is 0 Å². The van der Waals surface area contributed by atoms with Crippen molar-refractivity contribution < 1.29 is 23.7 Å². The number of carbonyl (C=O) groups excluding carboxylic acids is 1. The average molecular weight is 400 g/mol. The van der Waals surface area contributed by atoms with Crippen LogP contribution in [0.3, 0.4) is 0 Å². The van der Waals surface area contributed by atoms with Crippen molar-refractivity contribution in [1.29, 1.82) is 0 Å².